The van der Waals surface area contributed by atoms with Crippen LogP contribution in [0.4, 0.5) is 5.82 Å². The van der Waals surface area contributed by atoms with Gasteiger partial charge in [0.2, 0.25) is 0 Å². The molecule has 0 spiro atoms. The van der Waals surface area contributed by atoms with Crippen molar-refractivity contribution in [3.05, 3.63) is 41.6 Å². The van der Waals surface area contributed by atoms with E-state index in [1.165, 1.54) is 5.56 Å². The van der Waals surface area contributed by atoms with Crippen molar-refractivity contribution in [2.45, 2.75) is 46.0 Å². The first-order valence-corrected chi connectivity index (χ1v) is 7.39. The molecule has 4 heteroatoms. The van der Waals surface area contributed by atoms with Crippen LogP contribution >= 0.6 is 0 Å². The lowest BCUT2D eigenvalue weighted by Crippen LogP contribution is -2.11. The molecule has 21 heavy (non-hydrogen) atoms. The minimum absolute atomic E-state index is 0.146. The largest absolute Gasteiger partial charge is 0.308 e. The molecule has 0 unspecified atom stereocenters. The highest BCUT2D eigenvalue weighted by Gasteiger charge is 2.14. The number of benzene rings is 1. The molecule has 1 aromatic carbocycles. The van der Waals surface area contributed by atoms with Gasteiger partial charge in [-0.15, -0.1) is 0 Å². The maximum absolute atomic E-state index is 5.50. The molecule has 0 bridgehead atoms. The molecule has 0 amide bonds. The zero-order valence-electron chi connectivity index (χ0n) is 13.3. The molecule has 0 fully saturated rings. The minimum atomic E-state index is 0.146. The van der Waals surface area contributed by atoms with Gasteiger partial charge in [0, 0.05) is 17.3 Å². The minimum Gasteiger partial charge on any atom is -0.308 e. The van der Waals surface area contributed by atoms with Crippen LogP contribution in [0.2, 0.25) is 0 Å². The van der Waals surface area contributed by atoms with E-state index in [0.717, 1.165) is 24.1 Å². The van der Waals surface area contributed by atoms with Crippen molar-refractivity contribution >= 4 is 5.82 Å². The van der Waals surface area contributed by atoms with Gasteiger partial charge >= 0.3 is 0 Å². The zero-order chi connectivity index (χ0) is 15.5. The van der Waals surface area contributed by atoms with Crippen molar-refractivity contribution < 1.29 is 0 Å². The van der Waals surface area contributed by atoms with Crippen molar-refractivity contribution in [2.75, 3.05) is 5.43 Å². The quantitative estimate of drug-likeness (QED) is 0.664. The van der Waals surface area contributed by atoms with E-state index in [-0.39, 0.29) is 5.41 Å². The Morgan fingerprint density at radius 3 is 2.29 bits per heavy atom. The van der Waals surface area contributed by atoms with E-state index in [4.69, 9.17) is 5.84 Å². The Morgan fingerprint density at radius 2 is 1.76 bits per heavy atom. The molecule has 112 valence electrons. The van der Waals surface area contributed by atoms with Crippen LogP contribution in [0.25, 0.3) is 11.4 Å². The summed E-state index contributed by atoms with van der Waals surface area (Å²) in [7, 11) is 0. The van der Waals surface area contributed by atoms with E-state index in [1.807, 2.05) is 6.07 Å². The number of nitrogen functional groups attached to an aromatic ring is 1. The summed E-state index contributed by atoms with van der Waals surface area (Å²) in [5.41, 5.74) is 6.09. The molecule has 3 N–H and O–H groups in total. The molecule has 2 aromatic rings. The molecule has 0 saturated heterocycles. The first-order valence-electron chi connectivity index (χ1n) is 7.39. The molecule has 0 radical (unpaired) electrons. The summed E-state index contributed by atoms with van der Waals surface area (Å²) < 4.78 is 0. The summed E-state index contributed by atoms with van der Waals surface area (Å²) in [6.45, 7) is 8.75. The molecule has 1 heterocycles. The van der Waals surface area contributed by atoms with E-state index < -0.39 is 0 Å². The second-order valence-corrected chi connectivity index (χ2v) is 6.29. The third-order valence-corrected chi connectivity index (χ3v) is 3.44. The molecule has 4 nitrogen and oxygen atoms in total. The average Bonchev–Trinajstić information content (AvgIpc) is 2.46. The van der Waals surface area contributed by atoms with Gasteiger partial charge in [-0.3, -0.25) is 0 Å². The van der Waals surface area contributed by atoms with Crippen LogP contribution in [0.15, 0.2) is 30.3 Å². The third kappa shape index (κ3) is 3.79. The fourth-order valence-electron chi connectivity index (χ4n) is 2.20. The SMILES string of the molecule is CCCc1cc(NN)nc(-c2ccc(C(C)(C)C)cc2)n1. The average molecular weight is 284 g/mol. The Balaban J connectivity index is 2.39. The molecule has 0 aliphatic heterocycles. The smallest absolute Gasteiger partial charge is 0.161 e. The first-order chi connectivity index (χ1) is 9.94. The van der Waals surface area contributed by atoms with Gasteiger partial charge < -0.3 is 5.43 Å². The van der Waals surface area contributed by atoms with Gasteiger partial charge in [-0.25, -0.2) is 15.8 Å². The maximum Gasteiger partial charge on any atom is 0.161 e. The Kier molecular flexibility index (Phi) is 4.58. The zero-order valence-corrected chi connectivity index (χ0v) is 13.3. The van der Waals surface area contributed by atoms with Crippen LogP contribution in [0, 0.1) is 0 Å². The highest BCUT2D eigenvalue weighted by molar-refractivity contribution is 5.58. The lowest BCUT2D eigenvalue weighted by atomic mass is 9.87. The van der Waals surface area contributed by atoms with Crippen LogP contribution in [0.3, 0.4) is 0 Å². The molecule has 0 saturated carbocycles. The second-order valence-electron chi connectivity index (χ2n) is 6.29. The van der Waals surface area contributed by atoms with Gasteiger partial charge in [0.05, 0.1) is 0 Å². The van der Waals surface area contributed by atoms with Crippen molar-refractivity contribution in [2.24, 2.45) is 5.84 Å². The van der Waals surface area contributed by atoms with E-state index in [9.17, 15) is 0 Å². The normalized spacial score (nSPS) is 11.5. The number of anilines is 1. The lowest BCUT2D eigenvalue weighted by molar-refractivity contribution is 0.590. The summed E-state index contributed by atoms with van der Waals surface area (Å²) in [6, 6.07) is 10.3. The van der Waals surface area contributed by atoms with Crippen LogP contribution in [-0.2, 0) is 11.8 Å². The molecule has 1 aromatic heterocycles. The summed E-state index contributed by atoms with van der Waals surface area (Å²) in [5, 5.41) is 0. The van der Waals surface area contributed by atoms with Crippen LogP contribution in [-0.4, -0.2) is 9.97 Å². The van der Waals surface area contributed by atoms with Gasteiger partial charge in [0.15, 0.2) is 5.82 Å². The number of aryl methyl sites for hydroxylation is 1. The molecular weight excluding hydrogens is 260 g/mol. The van der Waals surface area contributed by atoms with Gasteiger partial charge in [-0.2, -0.15) is 0 Å². The standard InChI is InChI=1S/C17H24N4/c1-5-6-14-11-15(21-18)20-16(19-14)12-7-9-13(10-8-12)17(2,3)4/h7-11H,5-6,18H2,1-4H3,(H,19,20,21). The number of rotatable bonds is 4. The molecular formula is C17H24N4. The summed E-state index contributed by atoms with van der Waals surface area (Å²) in [4.78, 5) is 9.08. The maximum atomic E-state index is 5.50. The Hall–Kier alpha value is -1.94. The highest BCUT2D eigenvalue weighted by atomic mass is 15.3. The fraction of sp³-hybridized carbons (Fsp3) is 0.412. The summed E-state index contributed by atoms with van der Waals surface area (Å²) in [5.74, 6) is 6.88. The van der Waals surface area contributed by atoms with Crippen molar-refractivity contribution in [3.8, 4) is 11.4 Å². The summed E-state index contributed by atoms with van der Waals surface area (Å²) in [6.07, 6.45) is 1.97. The number of nitrogens with one attached hydrogen (secondary N) is 1. The third-order valence-electron chi connectivity index (χ3n) is 3.44. The van der Waals surface area contributed by atoms with E-state index in [1.54, 1.807) is 0 Å². The van der Waals surface area contributed by atoms with E-state index in [2.05, 4.69) is 67.4 Å². The Bertz CT molecular complexity index is 597. The number of hydrogen-bond acceptors (Lipinski definition) is 4. The number of hydrazine groups is 1. The number of hydrogen-bond donors (Lipinski definition) is 2. The molecule has 0 aliphatic carbocycles. The van der Waals surface area contributed by atoms with E-state index >= 15 is 0 Å². The summed E-state index contributed by atoms with van der Waals surface area (Å²) >= 11 is 0. The van der Waals surface area contributed by atoms with Crippen LogP contribution < -0.4 is 11.3 Å². The van der Waals surface area contributed by atoms with Gasteiger partial charge in [-0.1, -0.05) is 58.4 Å². The number of nitrogens with zero attached hydrogens (tertiary/aromatic N) is 2. The second kappa shape index (κ2) is 6.22. The van der Waals surface area contributed by atoms with Gasteiger partial charge in [0.25, 0.3) is 0 Å². The van der Waals surface area contributed by atoms with Gasteiger partial charge in [-0.05, 0) is 17.4 Å². The highest BCUT2D eigenvalue weighted by Crippen LogP contribution is 2.25. The molecule has 2 rings (SSSR count). The fourth-order valence-corrected chi connectivity index (χ4v) is 2.20. The molecule has 0 atom stereocenters. The van der Waals surface area contributed by atoms with Gasteiger partial charge in [0.1, 0.15) is 5.82 Å². The molecule has 0 aliphatic rings. The van der Waals surface area contributed by atoms with Crippen molar-refractivity contribution in [1.82, 2.24) is 9.97 Å². The van der Waals surface area contributed by atoms with Crippen molar-refractivity contribution in [1.29, 1.82) is 0 Å². The monoisotopic (exact) mass is 284 g/mol. The number of nitrogens with two attached hydrogens (primary N) is 1. The van der Waals surface area contributed by atoms with Crippen LogP contribution in [0.5, 0.6) is 0 Å². The van der Waals surface area contributed by atoms with Crippen LogP contribution in [0.1, 0.15) is 45.4 Å². The first kappa shape index (κ1) is 15.4. The predicted molar refractivity (Wildman–Crippen MR) is 88.0 cm³/mol. The topological polar surface area (TPSA) is 63.8 Å². The lowest BCUT2D eigenvalue weighted by Gasteiger charge is -2.19. The predicted octanol–water partition coefficient (Wildman–Crippen LogP) is 3.68. The van der Waals surface area contributed by atoms with Crippen molar-refractivity contribution in [3.63, 3.8) is 0 Å². The number of aromatic nitrogens is 2. The van der Waals surface area contributed by atoms with E-state index in [0.29, 0.717) is 11.6 Å². The Morgan fingerprint density at radius 1 is 1.10 bits per heavy atom. The Labute approximate surface area is 126 Å².